The lowest BCUT2D eigenvalue weighted by Crippen LogP contribution is -1.90. The molecule has 0 saturated carbocycles. The van der Waals surface area contributed by atoms with E-state index in [1.54, 1.807) is 32.4 Å². The molecule has 2 aromatic rings. The molecule has 0 amide bonds. The van der Waals surface area contributed by atoms with E-state index in [2.05, 4.69) is 0 Å². The number of nitro benzene ring substituents is 1. The van der Waals surface area contributed by atoms with Crippen LogP contribution < -0.4 is 9.47 Å². The molecular weight excluding hydrogens is 314 g/mol. The summed E-state index contributed by atoms with van der Waals surface area (Å²) in [4.78, 5) is 11.7. The van der Waals surface area contributed by atoms with E-state index in [0.717, 1.165) is 4.90 Å². The number of nitrogens with zero attached hydrogens (tertiary/aromatic N) is 1. The van der Waals surface area contributed by atoms with Gasteiger partial charge in [0.05, 0.1) is 29.1 Å². The summed E-state index contributed by atoms with van der Waals surface area (Å²) in [5.41, 5.74) is -0.0399. The van der Waals surface area contributed by atoms with Gasteiger partial charge in [0.1, 0.15) is 11.5 Å². The number of nitro groups is 1. The number of hydrogen-bond acceptors (Lipinski definition) is 5. The van der Waals surface area contributed by atoms with Gasteiger partial charge in [-0.1, -0.05) is 23.4 Å². The van der Waals surface area contributed by atoms with Crippen molar-refractivity contribution in [1.82, 2.24) is 0 Å². The SMILES string of the molecule is COc1ccc(OC)c(Sc2ccc([N+](=O)[O-])cc2Cl)c1. The zero-order valence-corrected chi connectivity index (χ0v) is 12.9. The van der Waals surface area contributed by atoms with E-state index in [4.69, 9.17) is 21.1 Å². The van der Waals surface area contributed by atoms with Crippen molar-refractivity contribution in [3.8, 4) is 11.5 Å². The predicted octanol–water partition coefficient (Wildman–Crippen LogP) is 4.42. The van der Waals surface area contributed by atoms with Gasteiger partial charge in [-0.3, -0.25) is 10.1 Å². The highest BCUT2D eigenvalue weighted by atomic mass is 35.5. The lowest BCUT2D eigenvalue weighted by atomic mass is 10.3. The van der Waals surface area contributed by atoms with Crippen molar-refractivity contribution >= 4 is 29.1 Å². The van der Waals surface area contributed by atoms with Crippen LogP contribution in [0.4, 0.5) is 5.69 Å². The Balaban J connectivity index is 2.35. The molecule has 0 unspecified atom stereocenters. The normalized spacial score (nSPS) is 10.2. The van der Waals surface area contributed by atoms with Crippen LogP contribution in [0.1, 0.15) is 0 Å². The fourth-order valence-corrected chi connectivity index (χ4v) is 2.92. The lowest BCUT2D eigenvalue weighted by Gasteiger charge is -2.10. The van der Waals surface area contributed by atoms with Crippen molar-refractivity contribution in [2.45, 2.75) is 9.79 Å². The Morgan fingerprint density at radius 2 is 1.86 bits per heavy atom. The molecule has 5 nitrogen and oxygen atoms in total. The number of rotatable bonds is 5. The first-order chi connectivity index (χ1) is 10.0. The highest BCUT2D eigenvalue weighted by Crippen LogP contribution is 2.40. The Kier molecular flexibility index (Phi) is 4.93. The minimum atomic E-state index is -0.480. The number of hydrogen-bond donors (Lipinski definition) is 0. The summed E-state index contributed by atoms with van der Waals surface area (Å²) in [6, 6.07) is 9.77. The average Bonchev–Trinajstić information content (AvgIpc) is 2.49. The second-order valence-corrected chi connectivity index (χ2v) is 5.48. The van der Waals surface area contributed by atoms with Crippen LogP contribution in [-0.4, -0.2) is 19.1 Å². The van der Waals surface area contributed by atoms with Gasteiger partial charge >= 0.3 is 0 Å². The fraction of sp³-hybridized carbons (Fsp3) is 0.143. The second kappa shape index (κ2) is 6.69. The van der Waals surface area contributed by atoms with Crippen LogP contribution in [0.5, 0.6) is 11.5 Å². The monoisotopic (exact) mass is 325 g/mol. The summed E-state index contributed by atoms with van der Waals surface area (Å²) in [7, 11) is 3.15. The fourth-order valence-electron chi connectivity index (χ4n) is 1.67. The molecule has 0 atom stereocenters. The molecule has 0 spiro atoms. The molecule has 0 heterocycles. The summed E-state index contributed by atoms with van der Waals surface area (Å²) in [5, 5.41) is 11.0. The molecule has 0 aromatic heterocycles. The molecule has 7 heteroatoms. The highest BCUT2D eigenvalue weighted by Gasteiger charge is 2.13. The van der Waals surface area contributed by atoms with E-state index < -0.39 is 4.92 Å². The van der Waals surface area contributed by atoms with E-state index in [9.17, 15) is 10.1 Å². The van der Waals surface area contributed by atoms with Gasteiger partial charge in [-0.25, -0.2) is 0 Å². The molecule has 2 rings (SSSR count). The standard InChI is InChI=1S/C14H12ClNO4S/c1-19-10-4-5-12(20-2)14(8-10)21-13-6-3-9(16(17)18)7-11(13)15/h3-8H,1-2H3. The van der Waals surface area contributed by atoms with Crippen molar-refractivity contribution in [2.75, 3.05) is 14.2 Å². The molecule has 0 aliphatic carbocycles. The van der Waals surface area contributed by atoms with Crippen molar-refractivity contribution in [1.29, 1.82) is 0 Å². The predicted molar refractivity (Wildman–Crippen MR) is 81.8 cm³/mol. The van der Waals surface area contributed by atoms with Gasteiger partial charge in [-0.15, -0.1) is 0 Å². The molecular formula is C14H12ClNO4S. The molecule has 0 fully saturated rings. The molecule has 0 saturated heterocycles. The Hall–Kier alpha value is -1.92. The van der Waals surface area contributed by atoms with Gasteiger partial charge < -0.3 is 9.47 Å². The van der Waals surface area contributed by atoms with Gasteiger partial charge in [0, 0.05) is 17.0 Å². The van der Waals surface area contributed by atoms with Crippen LogP contribution >= 0.6 is 23.4 Å². The van der Waals surface area contributed by atoms with E-state index in [1.807, 2.05) is 6.07 Å². The first-order valence-corrected chi connectivity index (χ1v) is 7.08. The molecule has 0 aliphatic rings. The summed E-state index contributed by atoms with van der Waals surface area (Å²) in [5.74, 6) is 1.37. The molecule has 21 heavy (non-hydrogen) atoms. The minimum absolute atomic E-state index is 0.0399. The van der Waals surface area contributed by atoms with Crippen LogP contribution in [0.2, 0.25) is 5.02 Å². The maximum Gasteiger partial charge on any atom is 0.270 e. The smallest absolute Gasteiger partial charge is 0.270 e. The van der Waals surface area contributed by atoms with E-state index in [-0.39, 0.29) is 5.69 Å². The van der Waals surface area contributed by atoms with Gasteiger partial charge in [-0.2, -0.15) is 0 Å². The first kappa shape index (κ1) is 15.5. The Bertz CT molecular complexity index is 678. The number of ether oxygens (including phenoxy) is 2. The van der Waals surface area contributed by atoms with Crippen molar-refractivity contribution in [3.05, 3.63) is 51.5 Å². The molecule has 0 bridgehead atoms. The first-order valence-electron chi connectivity index (χ1n) is 5.89. The Morgan fingerprint density at radius 1 is 1.10 bits per heavy atom. The highest BCUT2D eigenvalue weighted by molar-refractivity contribution is 7.99. The topological polar surface area (TPSA) is 61.6 Å². The number of halogens is 1. The number of methoxy groups -OCH3 is 2. The summed E-state index contributed by atoms with van der Waals surface area (Å²) in [6.07, 6.45) is 0. The number of benzene rings is 2. The maximum absolute atomic E-state index is 10.7. The third-order valence-corrected chi connectivity index (χ3v) is 4.26. The lowest BCUT2D eigenvalue weighted by molar-refractivity contribution is -0.384. The molecule has 2 aromatic carbocycles. The summed E-state index contributed by atoms with van der Waals surface area (Å²) in [6.45, 7) is 0. The van der Waals surface area contributed by atoms with Crippen molar-refractivity contribution < 1.29 is 14.4 Å². The van der Waals surface area contributed by atoms with Crippen LogP contribution in [0.15, 0.2) is 46.2 Å². The van der Waals surface area contributed by atoms with Crippen LogP contribution in [0.25, 0.3) is 0 Å². The van der Waals surface area contributed by atoms with E-state index >= 15 is 0 Å². The number of non-ortho nitro benzene ring substituents is 1. The molecule has 0 aliphatic heterocycles. The zero-order valence-electron chi connectivity index (χ0n) is 11.3. The molecule has 0 radical (unpaired) electrons. The summed E-state index contributed by atoms with van der Waals surface area (Å²) >= 11 is 7.45. The largest absolute Gasteiger partial charge is 0.497 e. The van der Waals surface area contributed by atoms with E-state index in [0.29, 0.717) is 21.4 Å². The van der Waals surface area contributed by atoms with Crippen LogP contribution in [-0.2, 0) is 0 Å². The third-order valence-electron chi connectivity index (χ3n) is 2.72. The Morgan fingerprint density at radius 3 is 2.43 bits per heavy atom. The molecule has 0 N–H and O–H groups in total. The quantitative estimate of drug-likeness (QED) is 0.601. The molecule has 110 valence electrons. The second-order valence-electron chi connectivity index (χ2n) is 3.99. The van der Waals surface area contributed by atoms with Crippen LogP contribution in [0.3, 0.4) is 0 Å². The Labute approximate surface area is 131 Å². The van der Waals surface area contributed by atoms with Gasteiger partial charge in [0.25, 0.3) is 5.69 Å². The summed E-state index contributed by atoms with van der Waals surface area (Å²) < 4.78 is 10.5. The zero-order chi connectivity index (χ0) is 15.4. The maximum atomic E-state index is 10.7. The van der Waals surface area contributed by atoms with Gasteiger partial charge in [-0.05, 0) is 24.3 Å². The third kappa shape index (κ3) is 3.59. The average molecular weight is 326 g/mol. The minimum Gasteiger partial charge on any atom is -0.497 e. The van der Waals surface area contributed by atoms with Crippen molar-refractivity contribution in [2.24, 2.45) is 0 Å². The van der Waals surface area contributed by atoms with Crippen LogP contribution in [0, 0.1) is 10.1 Å². The van der Waals surface area contributed by atoms with Crippen molar-refractivity contribution in [3.63, 3.8) is 0 Å². The van der Waals surface area contributed by atoms with Gasteiger partial charge in [0.2, 0.25) is 0 Å². The van der Waals surface area contributed by atoms with Gasteiger partial charge in [0.15, 0.2) is 0 Å². The van der Waals surface area contributed by atoms with E-state index in [1.165, 1.54) is 23.9 Å².